The number of aliphatic hydroxyl groups is 1. The van der Waals surface area contributed by atoms with Crippen LogP contribution in [0, 0.1) is 20.2 Å². The molecule has 0 heterocycles. The predicted octanol–water partition coefficient (Wildman–Crippen LogP) is 0.769. The van der Waals surface area contributed by atoms with Gasteiger partial charge in [-0.3, -0.25) is 25.0 Å². The Labute approximate surface area is 125 Å². The third-order valence-corrected chi connectivity index (χ3v) is 2.65. The number of nitro groups is 2. The van der Waals surface area contributed by atoms with Crippen LogP contribution in [0.1, 0.15) is 13.3 Å². The van der Waals surface area contributed by atoms with Gasteiger partial charge in [-0.2, -0.15) is 0 Å². The van der Waals surface area contributed by atoms with Crippen LogP contribution < -0.4 is 10.1 Å². The fourth-order valence-corrected chi connectivity index (χ4v) is 1.55. The molecule has 0 saturated carbocycles. The molecule has 1 amide bonds. The lowest BCUT2D eigenvalue weighted by Gasteiger charge is -2.11. The van der Waals surface area contributed by atoms with E-state index in [1.807, 2.05) is 0 Å². The average molecular weight is 313 g/mol. The number of nitro benzene ring substituents is 2. The molecular formula is C12H15N3O7. The Bertz CT molecular complexity index is 576. The normalized spacial score (nSPS) is 11.5. The molecule has 0 fully saturated rings. The maximum absolute atomic E-state index is 10.9. The zero-order valence-corrected chi connectivity index (χ0v) is 11.7. The van der Waals surface area contributed by atoms with Crippen LogP contribution in [0.4, 0.5) is 11.4 Å². The van der Waals surface area contributed by atoms with Crippen molar-refractivity contribution in [2.75, 3.05) is 13.2 Å². The second-order valence-electron chi connectivity index (χ2n) is 4.39. The van der Waals surface area contributed by atoms with Crippen molar-refractivity contribution in [3.05, 3.63) is 38.4 Å². The van der Waals surface area contributed by atoms with Gasteiger partial charge in [0, 0.05) is 26.0 Å². The van der Waals surface area contributed by atoms with E-state index in [9.17, 15) is 30.1 Å². The lowest BCUT2D eigenvalue weighted by atomic mass is 10.2. The maximum Gasteiger partial charge on any atom is 0.317 e. The quantitative estimate of drug-likeness (QED) is 0.532. The highest BCUT2D eigenvalue weighted by Gasteiger charge is 2.20. The number of nitrogens with one attached hydrogen (secondary N) is 1. The number of hydrogen-bond donors (Lipinski definition) is 2. The summed E-state index contributed by atoms with van der Waals surface area (Å²) in [6, 6.07) is 3.04. The monoisotopic (exact) mass is 313 g/mol. The van der Waals surface area contributed by atoms with E-state index in [0.29, 0.717) is 0 Å². The van der Waals surface area contributed by atoms with Crippen molar-refractivity contribution in [1.82, 2.24) is 5.32 Å². The molecule has 1 atom stereocenters. The highest BCUT2D eigenvalue weighted by molar-refractivity contribution is 5.72. The molecule has 0 spiro atoms. The van der Waals surface area contributed by atoms with Crippen LogP contribution in [-0.2, 0) is 4.79 Å². The molecule has 0 radical (unpaired) electrons. The first-order valence-electron chi connectivity index (χ1n) is 6.29. The number of ether oxygens (including phenoxy) is 1. The molecule has 1 aromatic rings. The molecule has 120 valence electrons. The van der Waals surface area contributed by atoms with E-state index in [0.717, 1.165) is 18.2 Å². The first-order chi connectivity index (χ1) is 10.3. The minimum atomic E-state index is -0.860. The van der Waals surface area contributed by atoms with E-state index < -0.39 is 27.3 Å². The van der Waals surface area contributed by atoms with Gasteiger partial charge in [-0.25, -0.2) is 0 Å². The molecule has 0 aliphatic heterocycles. The minimum absolute atomic E-state index is 0.0423. The van der Waals surface area contributed by atoms with Crippen LogP contribution in [0.25, 0.3) is 0 Å². The van der Waals surface area contributed by atoms with E-state index in [2.05, 4.69) is 5.32 Å². The van der Waals surface area contributed by atoms with Crippen LogP contribution in [0.5, 0.6) is 5.75 Å². The van der Waals surface area contributed by atoms with Crippen LogP contribution in [0.3, 0.4) is 0 Å². The van der Waals surface area contributed by atoms with Gasteiger partial charge in [0.05, 0.1) is 28.6 Å². The summed E-state index contributed by atoms with van der Waals surface area (Å²) in [6.45, 7) is 1.31. The Morgan fingerprint density at radius 1 is 1.36 bits per heavy atom. The van der Waals surface area contributed by atoms with Gasteiger partial charge >= 0.3 is 5.69 Å². The molecule has 0 aliphatic carbocycles. The Balaban J connectivity index is 2.63. The molecule has 1 unspecified atom stereocenters. The predicted molar refractivity (Wildman–Crippen MR) is 74.6 cm³/mol. The summed E-state index contributed by atoms with van der Waals surface area (Å²) < 4.78 is 5.17. The third-order valence-electron chi connectivity index (χ3n) is 2.65. The molecule has 0 aromatic heterocycles. The van der Waals surface area contributed by atoms with E-state index in [4.69, 9.17) is 4.74 Å². The number of carbonyl (C=O) groups is 1. The van der Waals surface area contributed by atoms with E-state index in [-0.39, 0.29) is 31.2 Å². The molecule has 10 heteroatoms. The largest absolute Gasteiger partial charge is 0.487 e. The van der Waals surface area contributed by atoms with Gasteiger partial charge in [-0.15, -0.1) is 0 Å². The zero-order valence-electron chi connectivity index (χ0n) is 11.7. The summed E-state index contributed by atoms with van der Waals surface area (Å²) in [7, 11) is 0. The van der Waals surface area contributed by atoms with Crippen molar-refractivity contribution in [1.29, 1.82) is 0 Å². The van der Waals surface area contributed by atoms with E-state index in [1.165, 1.54) is 6.92 Å². The summed E-state index contributed by atoms with van der Waals surface area (Å²) in [5.41, 5.74) is -0.935. The Hall–Kier alpha value is -2.75. The van der Waals surface area contributed by atoms with Crippen molar-refractivity contribution in [2.45, 2.75) is 19.4 Å². The second-order valence-corrected chi connectivity index (χ2v) is 4.39. The van der Waals surface area contributed by atoms with Crippen LogP contribution >= 0.6 is 0 Å². The first kappa shape index (κ1) is 17.3. The highest BCUT2D eigenvalue weighted by atomic mass is 16.6. The Kier molecular flexibility index (Phi) is 6.20. The standard InChI is InChI=1S/C12H15N3O7/c1-8(16)13-7-10(17)4-5-22-12-3-2-9(14(18)19)6-11(12)15(20)21/h2-3,6,10,17H,4-5,7H2,1H3,(H,13,16). The summed E-state index contributed by atoms with van der Waals surface area (Å²) in [6.07, 6.45) is -0.727. The van der Waals surface area contributed by atoms with Gasteiger partial charge in [0.15, 0.2) is 5.75 Å². The summed E-state index contributed by atoms with van der Waals surface area (Å²) in [5.74, 6) is -0.409. The average Bonchev–Trinajstić information content (AvgIpc) is 2.44. The van der Waals surface area contributed by atoms with Crippen molar-refractivity contribution in [2.24, 2.45) is 0 Å². The molecule has 2 N–H and O–H groups in total. The van der Waals surface area contributed by atoms with Crippen LogP contribution in [0.2, 0.25) is 0 Å². The van der Waals surface area contributed by atoms with Gasteiger partial charge in [-0.05, 0) is 6.07 Å². The van der Waals surface area contributed by atoms with Crippen molar-refractivity contribution in [3.8, 4) is 5.75 Å². The van der Waals surface area contributed by atoms with Crippen molar-refractivity contribution in [3.63, 3.8) is 0 Å². The SMILES string of the molecule is CC(=O)NCC(O)CCOc1ccc([N+](=O)[O-])cc1[N+](=O)[O-]. The molecular weight excluding hydrogens is 298 g/mol. The number of hydrogen-bond acceptors (Lipinski definition) is 7. The van der Waals surface area contributed by atoms with Gasteiger partial charge in [0.1, 0.15) is 0 Å². The molecule has 0 saturated heterocycles. The van der Waals surface area contributed by atoms with Crippen molar-refractivity contribution >= 4 is 17.3 Å². The van der Waals surface area contributed by atoms with Gasteiger partial charge < -0.3 is 15.2 Å². The second kappa shape index (κ2) is 7.88. The van der Waals surface area contributed by atoms with Crippen molar-refractivity contribution < 1.29 is 24.5 Å². The van der Waals surface area contributed by atoms with Crippen LogP contribution in [-0.4, -0.2) is 40.1 Å². The van der Waals surface area contributed by atoms with Gasteiger partial charge in [0.25, 0.3) is 5.69 Å². The topological polar surface area (TPSA) is 145 Å². The number of non-ortho nitro benzene ring substituents is 1. The third kappa shape index (κ3) is 5.32. The molecule has 0 aliphatic rings. The van der Waals surface area contributed by atoms with Gasteiger partial charge in [-0.1, -0.05) is 0 Å². The smallest absolute Gasteiger partial charge is 0.317 e. The Morgan fingerprint density at radius 2 is 2.05 bits per heavy atom. The fourth-order valence-electron chi connectivity index (χ4n) is 1.55. The first-order valence-corrected chi connectivity index (χ1v) is 6.29. The number of nitrogens with zero attached hydrogens (tertiary/aromatic N) is 2. The Morgan fingerprint density at radius 3 is 2.59 bits per heavy atom. The number of amides is 1. The summed E-state index contributed by atoms with van der Waals surface area (Å²) in [4.78, 5) is 30.6. The molecule has 0 bridgehead atoms. The fraction of sp³-hybridized carbons (Fsp3) is 0.417. The number of aliphatic hydroxyl groups excluding tert-OH is 1. The highest BCUT2D eigenvalue weighted by Crippen LogP contribution is 2.31. The van der Waals surface area contributed by atoms with Crippen LogP contribution in [0.15, 0.2) is 18.2 Å². The molecule has 22 heavy (non-hydrogen) atoms. The zero-order chi connectivity index (χ0) is 16.7. The minimum Gasteiger partial charge on any atom is -0.487 e. The van der Waals surface area contributed by atoms with E-state index >= 15 is 0 Å². The summed E-state index contributed by atoms with van der Waals surface area (Å²) >= 11 is 0. The number of carbonyl (C=O) groups excluding carboxylic acids is 1. The number of rotatable bonds is 8. The lowest BCUT2D eigenvalue weighted by molar-refractivity contribution is -0.394. The molecule has 1 aromatic carbocycles. The molecule has 1 rings (SSSR count). The van der Waals surface area contributed by atoms with E-state index in [1.54, 1.807) is 0 Å². The number of benzene rings is 1. The maximum atomic E-state index is 10.9. The molecule has 10 nitrogen and oxygen atoms in total. The van der Waals surface area contributed by atoms with Gasteiger partial charge in [0.2, 0.25) is 5.91 Å². The summed E-state index contributed by atoms with van der Waals surface area (Å²) in [5, 5.41) is 33.4. The lowest BCUT2D eigenvalue weighted by Crippen LogP contribution is -2.31.